The first-order valence-corrected chi connectivity index (χ1v) is 8.93. The third kappa shape index (κ3) is 3.80. The van der Waals surface area contributed by atoms with Gasteiger partial charge in [0.15, 0.2) is 0 Å². The van der Waals surface area contributed by atoms with Crippen LogP contribution in [0.2, 0.25) is 0 Å². The highest BCUT2D eigenvalue weighted by atomic mass is 79.9. The summed E-state index contributed by atoms with van der Waals surface area (Å²) < 4.78 is 6.56. The van der Waals surface area contributed by atoms with E-state index in [1.807, 2.05) is 51.2 Å². The fourth-order valence-corrected chi connectivity index (χ4v) is 3.15. The van der Waals surface area contributed by atoms with Gasteiger partial charge in [-0.15, -0.1) is 0 Å². The molecule has 1 aliphatic rings. The quantitative estimate of drug-likeness (QED) is 0.790. The normalized spacial score (nSPS) is 18.0. The Bertz CT molecular complexity index is 719. The topological polar surface area (TPSA) is 58.2 Å². The van der Waals surface area contributed by atoms with Gasteiger partial charge in [-0.1, -0.05) is 28.1 Å². The van der Waals surface area contributed by atoms with Crippen molar-refractivity contribution >= 4 is 22.0 Å². The van der Waals surface area contributed by atoms with Gasteiger partial charge in [-0.25, -0.2) is 9.78 Å². The third-order valence-corrected chi connectivity index (χ3v) is 4.48. The van der Waals surface area contributed by atoms with Crippen LogP contribution in [0.3, 0.4) is 0 Å². The highest BCUT2D eigenvalue weighted by Gasteiger charge is 2.34. The lowest BCUT2D eigenvalue weighted by Gasteiger charge is -2.28. The first-order valence-electron chi connectivity index (χ1n) is 8.14. The number of aromatic amines is 1. The number of carbonyl (C=O) groups excluding carboxylic acids is 1. The molecule has 128 valence electrons. The van der Waals surface area contributed by atoms with Crippen LogP contribution in [-0.2, 0) is 4.74 Å². The second-order valence-corrected chi connectivity index (χ2v) is 7.94. The van der Waals surface area contributed by atoms with Gasteiger partial charge in [-0.2, -0.15) is 0 Å². The number of ether oxygens (including phenoxy) is 1. The van der Waals surface area contributed by atoms with Gasteiger partial charge in [0.1, 0.15) is 11.4 Å². The largest absolute Gasteiger partial charge is 0.444 e. The van der Waals surface area contributed by atoms with E-state index in [0.717, 1.165) is 34.4 Å². The van der Waals surface area contributed by atoms with E-state index in [0.29, 0.717) is 6.54 Å². The van der Waals surface area contributed by atoms with Crippen molar-refractivity contribution in [1.82, 2.24) is 14.9 Å². The Morgan fingerprint density at radius 1 is 1.33 bits per heavy atom. The second-order valence-electron chi connectivity index (χ2n) is 7.03. The summed E-state index contributed by atoms with van der Waals surface area (Å²) in [7, 11) is 0. The maximum atomic E-state index is 12.4. The number of hydrogen-bond acceptors (Lipinski definition) is 3. The van der Waals surface area contributed by atoms with Crippen molar-refractivity contribution in [2.45, 2.75) is 45.3 Å². The van der Waals surface area contributed by atoms with Gasteiger partial charge in [-0.05, 0) is 45.7 Å². The second kappa shape index (κ2) is 6.59. The first-order chi connectivity index (χ1) is 11.3. The Hall–Kier alpha value is -1.82. The number of carbonyl (C=O) groups is 1. The van der Waals surface area contributed by atoms with Gasteiger partial charge in [-0.3, -0.25) is 4.90 Å². The molecular formula is C18H22BrN3O2. The number of benzene rings is 1. The van der Waals surface area contributed by atoms with E-state index in [9.17, 15) is 4.79 Å². The molecule has 5 nitrogen and oxygen atoms in total. The summed E-state index contributed by atoms with van der Waals surface area (Å²) in [5.74, 6) is 0.813. The summed E-state index contributed by atoms with van der Waals surface area (Å²) in [4.78, 5) is 22.1. The smallest absolute Gasteiger partial charge is 0.410 e. The predicted octanol–water partition coefficient (Wildman–Crippen LogP) is 4.91. The maximum absolute atomic E-state index is 12.4. The first kappa shape index (κ1) is 17.0. The minimum absolute atomic E-state index is 0.00320. The predicted molar refractivity (Wildman–Crippen MR) is 96.6 cm³/mol. The van der Waals surface area contributed by atoms with Crippen LogP contribution in [0.25, 0.3) is 11.4 Å². The average Bonchev–Trinajstić information content (AvgIpc) is 3.15. The molecule has 1 N–H and O–H groups in total. The van der Waals surface area contributed by atoms with E-state index in [4.69, 9.17) is 4.74 Å². The SMILES string of the molecule is CC(C)(C)OC(=O)N1CCCC1c1cnc(-c2ccc(Br)cc2)[nH]1. The monoisotopic (exact) mass is 391 g/mol. The van der Waals surface area contributed by atoms with Crippen molar-refractivity contribution in [3.63, 3.8) is 0 Å². The molecule has 1 atom stereocenters. The van der Waals surface area contributed by atoms with E-state index >= 15 is 0 Å². The van der Waals surface area contributed by atoms with Crippen LogP contribution in [0.1, 0.15) is 45.3 Å². The minimum Gasteiger partial charge on any atom is -0.444 e. The molecule has 0 aliphatic carbocycles. The molecule has 2 aromatic rings. The van der Waals surface area contributed by atoms with Gasteiger partial charge in [0.25, 0.3) is 0 Å². The lowest BCUT2D eigenvalue weighted by molar-refractivity contribution is 0.0222. The number of hydrogen-bond donors (Lipinski definition) is 1. The molecule has 0 radical (unpaired) electrons. The third-order valence-electron chi connectivity index (χ3n) is 3.95. The van der Waals surface area contributed by atoms with E-state index in [-0.39, 0.29) is 12.1 Å². The zero-order chi connectivity index (χ0) is 17.3. The highest BCUT2D eigenvalue weighted by Crippen LogP contribution is 2.33. The Kier molecular flexibility index (Phi) is 4.67. The van der Waals surface area contributed by atoms with Crippen molar-refractivity contribution in [3.05, 3.63) is 40.6 Å². The van der Waals surface area contributed by atoms with Crippen LogP contribution in [-0.4, -0.2) is 33.1 Å². The molecule has 2 heterocycles. The molecule has 1 unspecified atom stereocenters. The molecule has 24 heavy (non-hydrogen) atoms. The molecule has 1 fully saturated rings. The van der Waals surface area contributed by atoms with Crippen LogP contribution in [0.5, 0.6) is 0 Å². The van der Waals surface area contributed by atoms with Gasteiger partial charge < -0.3 is 9.72 Å². The van der Waals surface area contributed by atoms with E-state index in [1.54, 1.807) is 4.90 Å². The molecule has 1 aromatic carbocycles. The zero-order valence-electron chi connectivity index (χ0n) is 14.2. The van der Waals surface area contributed by atoms with Gasteiger partial charge >= 0.3 is 6.09 Å². The Morgan fingerprint density at radius 2 is 2.04 bits per heavy atom. The lowest BCUT2D eigenvalue weighted by Crippen LogP contribution is -2.36. The van der Waals surface area contributed by atoms with Crippen molar-refractivity contribution in [3.8, 4) is 11.4 Å². The van der Waals surface area contributed by atoms with Crippen LogP contribution in [0.15, 0.2) is 34.9 Å². The van der Waals surface area contributed by atoms with E-state index in [1.165, 1.54) is 0 Å². The molecule has 1 aliphatic heterocycles. The maximum Gasteiger partial charge on any atom is 0.410 e. The van der Waals surface area contributed by atoms with Gasteiger partial charge in [0.05, 0.1) is 17.9 Å². The van der Waals surface area contributed by atoms with Gasteiger partial charge in [0.2, 0.25) is 0 Å². The minimum atomic E-state index is -0.485. The number of rotatable bonds is 2. The molecule has 0 saturated carbocycles. The standard InChI is InChI=1S/C18H22BrN3O2/c1-18(2,3)24-17(23)22-10-4-5-15(22)14-11-20-16(21-14)12-6-8-13(19)9-7-12/h6-9,11,15H,4-5,10H2,1-3H3,(H,20,21). The molecule has 0 spiro atoms. The number of nitrogens with one attached hydrogen (secondary N) is 1. The summed E-state index contributed by atoms with van der Waals surface area (Å²) >= 11 is 3.44. The van der Waals surface area contributed by atoms with Crippen LogP contribution < -0.4 is 0 Å². The average molecular weight is 392 g/mol. The molecule has 1 amide bonds. The number of H-pyrrole nitrogens is 1. The number of halogens is 1. The molecule has 3 rings (SSSR count). The highest BCUT2D eigenvalue weighted by molar-refractivity contribution is 9.10. The molecule has 1 aromatic heterocycles. The molecule has 1 saturated heterocycles. The Morgan fingerprint density at radius 3 is 2.71 bits per heavy atom. The summed E-state index contributed by atoms with van der Waals surface area (Å²) in [5, 5.41) is 0. The van der Waals surface area contributed by atoms with Crippen molar-refractivity contribution in [2.24, 2.45) is 0 Å². The molecule has 0 bridgehead atoms. The van der Waals surface area contributed by atoms with Crippen LogP contribution in [0.4, 0.5) is 4.79 Å². The Labute approximate surface area is 150 Å². The molecular weight excluding hydrogens is 370 g/mol. The summed E-state index contributed by atoms with van der Waals surface area (Å²) in [6, 6.07) is 7.98. The fraction of sp³-hybridized carbons (Fsp3) is 0.444. The van der Waals surface area contributed by atoms with Crippen molar-refractivity contribution in [1.29, 1.82) is 0 Å². The van der Waals surface area contributed by atoms with Crippen molar-refractivity contribution < 1.29 is 9.53 Å². The van der Waals surface area contributed by atoms with Gasteiger partial charge in [0, 0.05) is 16.6 Å². The summed E-state index contributed by atoms with van der Waals surface area (Å²) in [5.41, 5.74) is 1.49. The summed E-state index contributed by atoms with van der Waals surface area (Å²) in [6.07, 6.45) is 3.45. The Balaban J connectivity index is 1.78. The number of likely N-dealkylation sites (tertiary alicyclic amines) is 1. The number of amides is 1. The fourth-order valence-electron chi connectivity index (χ4n) is 2.89. The zero-order valence-corrected chi connectivity index (χ0v) is 15.8. The van der Waals surface area contributed by atoms with E-state index in [2.05, 4.69) is 25.9 Å². The number of aromatic nitrogens is 2. The van der Waals surface area contributed by atoms with E-state index < -0.39 is 5.60 Å². The van der Waals surface area contributed by atoms with Crippen molar-refractivity contribution in [2.75, 3.05) is 6.54 Å². The van der Waals surface area contributed by atoms with Crippen LogP contribution in [0, 0.1) is 0 Å². The molecule has 6 heteroatoms. The van der Waals surface area contributed by atoms with Crippen LogP contribution >= 0.6 is 15.9 Å². The number of nitrogens with zero attached hydrogens (tertiary/aromatic N) is 2. The number of imidazole rings is 1. The summed E-state index contributed by atoms with van der Waals surface area (Å²) in [6.45, 7) is 6.37. The lowest BCUT2D eigenvalue weighted by atomic mass is 10.1.